The van der Waals surface area contributed by atoms with Gasteiger partial charge in [-0.15, -0.1) is 4.72 Å². The van der Waals surface area contributed by atoms with E-state index < -0.39 is 33.9 Å². The van der Waals surface area contributed by atoms with E-state index in [0.717, 1.165) is 0 Å². The zero-order valence-corrected chi connectivity index (χ0v) is 19.1. The molecule has 0 saturated heterocycles. The number of halogens is 4. The highest BCUT2D eigenvalue weighted by molar-refractivity contribution is 9.10. The Morgan fingerprint density at radius 3 is 2.36 bits per heavy atom. The first-order valence-electron chi connectivity index (χ1n) is 8.61. The predicted octanol–water partition coefficient (Wildman–Crippen LogP) is 4.88. The van der Waals surface area contributed by atoms with Gasteiger partial charge >= 0.3 is 6.18 Å². The third-order valence-electron chi connectivity index (χ3n) is 4.24. The van der Waals surface area contributed by atoms with Crippen molar-refractivity contribution in [1.82, 2.24) is 14.3 Å². The van der Waals surface area contributed by atoms with Crippen molar-refractivity contribution in [2.24, 2.45) is 0 Å². The van der Waals surface area contributed by atoms with E-state index in [9.17, 15) is 17.7 Å². The maximum Gasteiger partial charge on any atom is 0.412 e. The Kier molecular flexibility index (Phi) is 6.82. The van der Waals surface area contributed by atoms with Crippen molar-refractivity contribution in [1.29, 1.82) is 0 Å². The maximum absolute atomic E-state index is 13.9. The Morgan fingerprint density at radius 1 is 1.25 bits per heavy atom. The highest BCUT2D eigenvalue weighted by Gasteiger charge is 2.47. The largest absolute Gasteiger partial charge is 0.598 e. The van der Waals surface area contributed by atoms with Gasteiger partial charge in [0.15, 0.2) is 6.04 Å². The summed E-state index contributed by atoms with van der Waals surface area (Å²) in [7, 11) is 1.54. The lowest BCUT2D eigenvalue weighted by atomic mass is 10.1. The van der Waals surface area contributed by atoms with Gasteiger partial charge in [-0.25, -0.2) is 4.98 Å². The van der Waals surface area contributed by atoms with E-state index >= 15 is 0 Å². The molecular weight excluding hydrogens is 459 g/mol. The van der Waals surface area contributed by atoms with Gasteiger partial charge in [-0.3, -0.25) is 0 Å². The van der Waals surface area contributed by atoms with Crippen LogP contribution in [0.3, 0.4) is 0 Å². The maximum atomic E-state index is 13.9. The third kappa shape index (κ3) is 5.41. The number of ether oxygens (including phenoxy) is 1. The van der Waals surface area contributed by atoms with Crippen molar-refractivity contribution in [3.8, 4) is 0 Å². The van der Waals surface area contributed by atoms with Crippen molar-refractivity contribution in [2.45, 2.75) is 63.7 Å². The average Bonchev–Trinajstić information content (AvgIpc) is 2.87. The number of hydrogen-bond donors (Lipinski definition) is 1. The summed E-state index contributed by atoms with van der Waals surface area (Å²) in [4.78, 5) is 4.36. The van der Waals surface area contributed by atoms with Gasteiger partial charge in [0, 0.05) is 35.6 Å². The lowest BCUT2D eigenvalue weighted by Gasteiger charge is -2.29. The Morgan fingerprint density at radius 2 is 1.86 bits per heavy atom. The molecule has 0 aliphatic heterocycles. The van der Waals surface area contributed by atoms with Crippen LogP contribution < -0.4 is 4.72 Å². The van der Waals surface area contributed by atoms with Crippen molar-refractivity contribution in [3.63, 3.8) is 0 Å². The fourth-order valence-corrected chi connectivity index (χ4v) is 3.71. The number of nitrogens with one attached hydrogen (secondary N) is 1. The van der Waals surface area contributed by atoms with Gasteiger partial charge in [0.1, 0.15) is 15.0 Å². The van der Waals surface area contributed by atoms with Crippen LogP contribution in [0.15, 0.2) is 22.9 Å². The minimum atomic E-state index is -4.64. The number of hydrogen-bond acceptors (Lipinski definition) is 4. The molecule has 0 fully saturated rings. The number of pyridine rings is 1. The molecule has 0 spiro atoms. The number of alkyl halides is 3. The highest BCUT2D eigenvalue weighted by Crippen LogP contribution is 2.39. The average molecular weight is 484 g/mol. The second kappa shape index (κ2) is 8.14. The van der Waals surface area contributed by atoms with E-state index in [2.05, 4.69) is 25.6 Å². The summed E-state index contributed by atoms with van der Waals surface area (Å²) in [5, 5.41) is 0.343. The smallest absolute Gasteiger partial charge is 0.412 e. The van der Waals surface area contributed by atoms with E-state index in [0.29, 0.717) is 22.2 Å². The molecule has 0 saturated carbocycles. The van der Waals surface area contributed by atoms with E-state index in [1.165, 1.54) is 6.20 Å². The number of rotatable bonds is 6. The molecule has 2 atom stereocenters. The molecule has 1 N–H and O–H groups in total. The first-order chi connectivity index (χ1) is 12.7. The quantitative estimate of drug-likeness (QED) is 0.469. The van der Waals surface area contributed by atoms with E-state index in [1.807, 2.05) is 13.8 Å². The molecule has 28 heavy (non-hydrogen) atoms. The minimum absolute atomic E-state index is 0.0213. The van der Waals surface area contributed by atoms with Crippen molar-refractivity contribution >= 4 is 38.3 Å². The van der Waals surface area contributed by atoms with E-state index in [1.54, 1.807) is 44.6 Å². The summed E-state index contributed by atoms with van der Waals surface area (Å²) in [6, 6.07) is 1.08. The molecule has 0 amide bonds. The number of aromatic nitrogens is 2. The van der Waals surface area contributed by atoms with Crippen molar-refractivity contribution in [3.05, 3.63) is 28.5 Å². The molecule has 0 radical (unpaired) electrons. The standard InChI is InChI=1S/C18H25BrF3N3O2S/c1-16(2,3)28(26)24-14(18(20,21)22)12-9-25(10-17(4,5)27-6)15-11(12)7-8-13(19)23-15/h7-9,14,24H,10H2,1-6H3/t14-,28-/m0/s1. The first kappa shape index (κ1) is 23.5. The fraction of sp³-hybridized carbons (Fsp3) is 0.611. The minimum Gasteiger partial charge on any atom is -0.598 e. The number of nitrogens with zero attached hydrogens (tertiary/aromatic N) is 2. The molecule has 2 heterocycles. The Labute approximate surface area is 174 Å². The molecule has 0 aliphatic carbocycles. The molecule has 0 bridgehead atoms. The van der Waals surface area contributed by atoms with Gasteiger partial charge in [-0.2, -0.15) is 13.2 Å². The second-order valence-corrected chi connectivity index (χ2v) is 11.0. The fourth-order valence-electron chi connectivity index (χ4n) is 2.58. The normalized spacial score (nSPS) is 15.8. The summed E-state index contributed by atoms with van der Waals surface area (Å²) >= 11 is 1.37. The molecule has 0 aliphatic rings. The van der Waals surface area contributed by atoms with Crippen LogP contribution in [0.2, 0.25) is 0 Å². The Hall–Kier alpha value is -0.810. The first-order valence-corrected chi connectivity index (χ1v) is 10.6. The summed E-state index contributed by atoms with van der Waals surface area (Å²) in [6.07, 6.45) is -3.22. The lowest BCUT2D eigenvalue weighted by molar-refractivity contribution is -0.152. The van der Waals surface area contributed by atoms with Crippen LogP contribution in [0.5, 0.6) is 0 Å². The molecular formula is C18H25BrF3N3O2S. The zero-order valence-electron chi connectivity index (χ0n) is 16.6. The van der Waals surface area contributed by atoms with E-state index in [-0.39, 0.29) is 5.56 Å². The lowest BCUT2D eigenvalue weighted by Crippen LogP contribution is -2.45. The third-order valence-corrected chi connectivity index (χ3v) is 6.25. The topological polar surface area (TPSA) is 62.1 Å². The summed E-state index contributed by atoms with van der Waals surface area (Å²) in [5.41, 5.74) is -0.234. The molecule has 0 unspecified atom stereocenters. The zero-order chi connectivity index (χ0) is 21.5. The van der Waals surface area contributed by atoms with Gasteiger partial charge in [-0.05, 0) is 62.7 Å². The van der Waals surface area contributed by atoms with Crippen molar-refractivity contribution < 1.29 is 22.5 Å². The van der Waals surface area contributed by atoms with Crippen LogP contribution >= 0.6 is 15.9 Å². The van der Waals surface area contributed by atoms with E-state index in [4.69, 9.17) is 4.74 Å². The highest BCUT2D eigenvalue weighted by atomic mass is 79.9. The molecule has 158 valence electrons. The molecule has 2 aromatic heterocycles. The second-order valence-electron chi connectivity index (χ2n) is 8.15. The van der Waals surface area contributed by atoms with Crippen LogP contribution in [-0.2, 0) is 22.6 Å². The van der Waals surface area contributed by atoms with Gasteiger partial charge in [0.25, 0.3) is 0 Å². The molecule has 2 aromatic rings. The molecule has 2 rings (SSSR count). The predicted molar refractivity (Wildman–Crippen MR) is 108 cm³/mol. The van der Waals surface area contributed by atoms with Crippen LogP contribution in [0.1, 0.15) is 46.2 Å². The van der Waals surface area contributed by atoms with Gasteiger partial charge in [0.2, 0.25) is 0 Å². The number of fused-ring (bicyclic) bond motifs is 1. The van der Waals surface area contributed by atoms with Gasteiger partial charge in [-0.1, -0.05) is 0 Å². The summed E-state index contributed by atoms with van der Waals surface area (Å²) in [5.74, 6) is 0. The SMILES string of the molecule is COC(C)(C)Cn1cc([C@H](N[S@@+]([O-])C(C)(C)C)C(F)(F)F)c2ccc(Br)nc21. The van der Waals surface area contributed by atoms with Gasteiger partial charge in [0.05, 0.1) is 12.1 Å². The molecule has 5 nitrogen and oxygen atoms in total. The monoisotopic (exact) mass is 483 g/mol. The van der Waals surface area contributed by atoms with Gasteiger partial charge < -0.3 is 13.9 Å². The van der Waals surface area contributed by atoms with Crippen LogP contribution in [-0.4, -0.2) is 37.7 Å². The Bertz CT molecular complexity index is 834. The summed E-state index contributed by atoms with van der Waals surface area (Å²) in [6.45, 7) is 8.83. The van der Waals surface area contributed by atoms with Crippen LogP contribution in [0.4, 0.5) is 13.2 Å². The molecule has 10 heteroatoms. The summed E-state index contributed by atoms with van der Waals surface area (Å²) < 4.78 is 63.2. The van der Waals surface area contributed by atoms with Crippen molar-refractivity contribution in [2.75, 3.05) is 7.11 Å². The number of methoxy groups -OCH3 is 1. The van der Waals surface area contributed by atoms with Crippen LogP contribution in [0, 0.1) is 0 Å². The Balaban J connectivity index is 2.62. The van der Waals surface area contributed by atoms with Crippen LogP contribution in [0.25, 0.3) is 11.0 Å². The molecule has 0 aromatic carbocycles.